The van der Waals surface area contributed by atoms with Crippen molar-refractivity contribution in [3.63, 3.8) is 0 Å². The lowest BCUT2D eigenvalue weighted by atomic mass is 10.1. The minimum Gasteiger partial charge on any atom is -0.310 e. The normalized spacial score (nSPS) is 12.4. The highest BCUT2D eigenvalue weighted by molar-refractivity contribution is 6.30. The number of benzene rings is 2. The van der Waals surface area contributed by atoms with Crippen molar-refractivity contribution in [2.45, 2.75) is 25.9 Å². The second-order valence-electron chi connectivity index (χ2n) is 4.99. The highest BCUT2D eigenvalue weighted by atomic mass is 35.5. The van der Waals surface area contributed by atoms with Gasteiger partial charge in [-0.15, -0.1) is 0 Å². The average Bonchev–Trinajstić information content (AvgIpc) is 2.42. The summed E-state index contributed by atoms with van der Waals surface area (Å²) in [6.45, 7) is 2.22. The van der Waals surface area contributed by atoms with Crippen LogP contribution < -0.4 is 5.32 Å². The Morgan fingerprint density at radius 3 is 2.33 bits per heavy atom. The van der Waals surface area contributed by atoms with E-state index in [0.29, 0.717) is 10.6 Å². The van der Waals surface area contributed by atoms with Gasteiger partial charge in [0.25, 0.3) is 0 Å². The first-order valence-electron chi connectivity index (χ1n) is 6.57. The molecule has 2 aromatic rings. The molecule has 1 N–H and O–H groups in total. The van der Waals surface area contributed by atoms with Crippen LogP contribution in [0.2, 0.25) is 5.02 Å². The zero-order valence-corrected chi connectivity index (χ0v) is 12.2. The molecule has 0 amide bonds. The zero-order valence-electron chi connectivity index (χ0n) is 11.5. The highest BCUT2D eigenvalue weighted by Gasteiger charge is 2.11. The molecule has 5 heteroatoms. The molecule has 1 nitrogen and oxygen atoms in total. The molecule has 1 atom stereocenters. The van der Waals surface area contributed by atoms with E-state index in [-0.39, 0.29) is 12.6 Å². The summed E-state index contributed by atoms with van der Waals surface area (Å²) in [4.78, 5) is 0. The van der Waals surface area contributed by atoms with E-state index in [2.05, 4.69) is 5.32 Å². The third kappa shape index (κ3) is 4.48. The first-order chi connectivity index (χ1) is 9.95. The van der Waals surface area contributed by atoms with Crippen molar-refractivity contribution in [2.75, 3.05) is 0 Å². The number of halogens is 4. The van der Waals surface area contributed by atoms with Gasteiger partial charge in [-0.3, -0.25) is 0 Å². The van der Waals surface area contributed by atoms with Crippen LogP contribution in [-0.4, -0.2) is 6.04 Å². The maximum atomic E-state index is 13.1. The molecule has 21 heavy (non-hydrogen) atoms. The van der Waals surface area contributed by atoms with Gasteiger partial charge >= 0.3 is 0 Å². The van der Waals surface area contributed by atoms with E-state index in [1.165, 1.54) is 0 Å². The van der Waals surface area contributed by atoms with Gasteiger partial charge < -0.3 is 5.32 Å². The molecule has 0 aliphatic rings. The summed E-state index contributed by atoms with van der Waals surface area (Å²) < 4.78 is 39.0. The van der Waals surface area contributed by atoms with Gasteiger partial charge in [-0.25, -0.2) is 13.2 Å². The van der Waals surface area contributed by atoms with Crippen LogP contribution in [0.3, 0.4) is 0 Å². The van der Waals surface area contributed by atoms with Gasteiger partial charge in [-0.05, 0) is 48.7 Å². The largest absolute Gasteiger partial charge is 0.310 e. The molecule has 0 aromatic heterocycles. The molecule has 0 saturated heterocycles. The topological polar surface area (TPSA) is 12.0 Å². The Morgan fingerprint density at radius 2 is 1.71 bits per heavy atom. The van der Waals surface area contributed by atoms with Crippen LogP contribution >= 0.6 is 11.6 Å². The molecule has 112 valence electrons. The maximum Gasteiger partial charge on any atom is 0.194 e. The third-order valence-electron chi connectivity index (χ3n) is 3.13. The van der Waals surface area contributed by atoms with Crippen LogP contribution in [0.25, 0.3) is 0 Å². The predicted octanol–water partition coefficient (Wildman–Crippen LogP) is 4.48. The van der Waals surface area contributed by atoms with Gasteiger partial charge in [-0.1, -0.05) is 23.7 Å². The minimum atomic E-state index is -1.44. The number of hydrogen-bond acceptors (Lipinski definition) is 1. The number of nitrogens with one attached hydrogen (secondary N) is 1. The minimum absolute atomic E-state index is 0.0830. The lowest BCUT2D eigenvalue weighted by Gasteiger charge is -2.14. The molecule has 0 bridgehead atoms. The Bertz CT molecular complexity index is 608. The van der Waals surface area contributed by atoms with Gasteiger partial charge in [-0.2, -0.15) is 0 Å². The lowest BCUT2D eigenvalue weighted by molar-refractivity contribution is 0.443. The highest BCUT2D eigenvalue weighted by Crippen LogP contribution is 2.15. The van der Waals surface area contributed by atoms with Crippen LogP contribution in [0.4, 0.5) is 13.2 Å². The number of hydrogen-bond donors (Lipinski definition) is 1. The molecule has 0 fully saturated rings. The maximum absolute atomic E-state index is 13.1. The molecule has 0 radical (unpaired) electrons. The van der Waals surface area contributed by atoms with Crippen LogP contribution in [0.1, 0.15) is 18.1 Å². The van der Waals surface area contributed by atoms with Crippen LogP contribution in [0.15, 0.2) is 36.4 Å². The monoisotopic (exact) mass is 313 g/mol. The van der Waals surface area contributed by atoms with Crippen molar-refractivity contribution in [1.29, 1.82) is 0 Å². The zero-order chi connectivity index (χ0) is 15.4. The molecule has 0 heterocycles. The summed E-state index contributed by atoms with van der Waals surface area (Å²) in [5.41, 5.74) is 1.43. The smallest absolute Gasteiger partial charge is 0.194 e. The summed E-state index contributed by atoms with van der Waals surface area (Å²) in [5.74, 6) is -3.78. The van der Waals surface area contributed by atoms with E-state index in [1.807, 2.05) is 25.1 Å². The van der Waals surface area contributed by atoms with Crippen molar-refractivity contribution in [3.05, 3.63) is 70.0 Å². The van der Waals surface area contributed by atoms with E-state index < -0.39 is 17.5 Å². The predicted molar refractivity (Wildman–Crippen MR) is 77.8 cm³/mol. The number of rotatable bonds is 5. The summed E-state index contributed by atoms with van der Waals surface area (Å²) in [5, 5.41) is 3.81. The fourth-order valence-electron chi connectivity index (χ4n) is 2.09. The van der Waals surface area contributed by atoms with Crippen molar-refractivity contribution in [1.82, 2.24) is 5.32 Å². The van der Waals surface area contributed by atoms with E-state index in [4.69, 9.17) is 11.6 Å². The quantitative estimate of drug-likeness (QED) is 0.803. The fourth-order valence-corrected chi connectivity index (χ4v) is 2.30. The van der Waals surface area contributed by atoms with E-state index in [0.717, 1.165) is 24.1 Å². The lowest BCUT2D eigenvalue weighted by Crippen LogP contribution is -2.27. The van der Waals surface area contributed by atoms with Crippen molar-refractivity contribution in [3.8, 4) is 0 Å². The van der Waals surface area contributed by atoms with Gasteiger partial charge in [0.15, 0.2) is 17.5 Å². The molecular weight excluding hydrogens is 299 g/mol. The Morgan fingerprint density at radius 1 is 1.05 bits per heavy atom. The Kier molecular flexibility index (Phi) is 5.26. The second-order valence-corrected chi connectivity index (χ2v) is 5.43. The standard InChI is InChI=1S/C16H15ClF3N/c1-10(5-11-3-2-4-13(17)6-11)21-9-12-7-14(18)16(20)15(19)8-12/h2-4,6-8,10,21H,5,9H2,1H3. The molecule has 0 aliphatic heterocycles. The summed E-state index contributed by atoms with van der Waals surface area (Å²) in [6.07, 6.45) is 0.729. The van der Waals surface area contributed by atoms with Crippen molar-refractivity contribution in [2.24, 2.45) is 0 Å². The van der Waals surface area contributed by atoms with Gasteiger partial charge in [0.1, 0.15) is 0 Å². The molecule has 1 unspecified atom stereocenters. The summed E-state index contributed by atoms with van der Waals surface area (Å²) in [7, 11) is 0. The molecule has 2 aromatic carbocycles. The Hall–Kier alpha value is -1.52. The fraction of sp³-hybridized carbons (Fsp3) is 0.250. The van der Waals surface area contributed by atoms with E-state index >= 15 is 0 Å². The van der Waals surface area contributed by atoms with Crippen molar-refractivity contribution < 1.29 is 13.2 Å². The molecule has 0 saturated carbocycles. The van der Waals surface area contributed by atoms with Crippen molar-refractivity contribution >= 4 is 11.6 Å². The molecule has 0 aliphatic carbocycles. The van der Waals surface area contributed by atoms with Crippen LogP contribution in [-0.2, 0) is 13.0 Å². The molecule has 2 rings (SSSR count). The average molecular weight is 314 g/mol. The Balaban J connectivity index is 1.93. The molecule has 0 spiro atoms. The summed E-state index contributed by atoms with van der Waals surface area (Å²) in [6, 6.07) is 9.58. The Labute approximate surface area is 126 Å². The van der Waals surface area contributed by atoms with Gasteiger partial charge in [0, 0.05) is 17.6 Å². The van der Waals surface area contributed by atoms with E-state index in [1.54, 1.807) is 6.07 Å². The molecular formula is C16H15ClF3N. The van der Waals surface area contributed by atoms with Crippen LogP contribution in [0, 0.1) is 17.5 Å². The SMILES string of the molecule is CC(Cc1cccc(Cl)c1)NCc1cc(F)c(F)c(F)c1. The van der Waals surface area contributed by atoms with E-state index in [9.17, 15) is 13.2 Å². The van der Waals surface area contributed by atoms with Gasteiger partial charge in [0.05, 0.1) is 0 Å². The first-order valence-corrected chi connectivity index (χ1v) is 6.94. The second kappa shape index (κ2) is 6.96. The summed E-state index contributed by atoms with van der Waals surface area (Å²) >= 11 is 5.91. The van der Waals surface area contributed by atoms with Gasteiger partial charge in [0.2, 0.25) is 0 Å². The van der Waals surface area contributed by atoms with Crippen LogP contribution in [0.5, 0.6) is 0 Å². The third-order valence-corrected chi connectivity index (χ3v) is 3.36. The first kappa shape index (κ1) is 15.9.